The highest BCUT2D eigenvalue weighted by Gasteiger charge is 2.14. The number of benzene rings is 1. The largest absolute Gasteiger partial charge is 0.381 e. The van der Waals surface area contributed by atoms with E-state index in [9.17, 15) is 0 Å². The molecule has 3 N–H and O–H groups in total. The molecule has 26 heavy (non-hydrogen) atoms. The van der Waals surface area contributed by atoms with Gasteiger partial charge in [-0.2, -0.15) is 0 Å². The molecular formula is C21H32N4O. The molecule has 0 saturated carbocycles. The van der Waals surface area contributed by atoms with Crippen LogP contribution in [-0.2, 0) is 11.3 Å². The van der Waals surface area contributed by atoms with E-state index >= 15 is 0 Å². The van der Waals surface area contributed by atoms with Gasteiger partial charge in [-0.15, -0.1) is 0 Å². The summed E-state index contributed by atoms with van der Waals surface area (Å²) in [5.41, 5.74) is 6.32. The van der Waals surface area contributed by atoms with E-state index in [-0.39, 0.29) is 0 Å². The molecule has 3 rings (SSSR count). The van der Waals surface area contributed by atoms with Gasteiger partial charge >= 0.3 is 0 Å². The number of aromatic nitrogens is 1. The van der Waals surface area contributed by atoms with Crippen LogP contribution in [0.5, 0.6) is 0 Å². The Bertz CT molecular complexity index is 772. The first kappa shape index (κ1) is 18.8. The molecule has 142 valence electrons. The van der Waals surface area contributed by atoms with E-state index in [0.29, 0.717) is 12.5 Å². The number of rotatable bonds is 5. The zero-order valence-electron chi connectivity index (χ0n) is 16.5. The fourth-order valence-corrected chi connectivity index (χ4v) is 3.61. The molecule has 1 aromatic heterocycles. The molecule has 0 radical (unpaired) electrons. The highest BCUT2D eigenvalue weighted by Crippen LogP contribution is 2.26. The zero-order chi connectivity index (χ0) is 18.5. The van der Waals surface area contributed by atoms with Gasteiger partial charge in [0.1, 0.15) is 0 Å². The lowest BCUT2D eigenvalue weighted by molar-refractivity contribution is 0.0675. The van der Waals surface area contributed by atoms with E-state index in [1.807, 2.05) is 0 Å². The lowest BCUT2D eigenvalue weighted by Crippen LogP contribution is -2.40. The number of guanidine groups is 1. The molecule has 2 heterocycles. The Kier molecular flexibility index (Phi) is 6.20. The number of H-pyrrole nitrogens is 1. The Labute approximate surface area is 156 Å². The Morgan fingerprint density at radius 1 is 1.19 bits per heavy atom. The van der Waals surface area contributed by atoms with Gasteiger partial charge in [0.2, 0.25) is 0 Å². The van der Waals surface area contributed by atoms with Gasteiger partial charge in [-0.05, 0) is 63.6 Å². The fourth-order valence-electron chi connectivity index (χ4n) is 3.61. The minimum Gasteiger partial charge on any atom is -0.381 e. The second-order valence-electron chi connectivity index (χ2n) is 7.35. The normalized spacial score (nSPS) is 16.2. The van der Waals surface area contributed by atoms with Crippen LogP contribution in [0.25, 0.3) is 10.9 Å². The van der Waals surface area contributed by atoms with Crippen LogP contribution in [0.1, 0.15) is 42.1 Å². The molecule has 1 aromatic carbocycles. The van der Waals surface area contributed by atoms with E-state index in [4.69, 9.17) is 9.73 Å². The predicted molar refractivity (Wildman–Crippen MR) is 109 cm³/mol. The smallest absolute Gasteiger partial charge is 0.191 e. The molecule has 0 atom stereocenters. The molecule has 1 aliphatic rings. The number of fused-ring (bicyclic) bond motifs is 1. The second-order valence-corrected chi connectivity index (χ2v) is 7.35. The quantitative estimate of drug-likeness (QED) is 0.567. The molecule has 0 bridgehead atoms. The average molecular weight is 357 g/mol. The summed E-state index contributed by atoms with van der Waals surface area (Å²) in [5.74, 6) is 1.57. The van der Waals surface area contributed by atoms with Crippen molar-refractivity contribution in [1.29, 1.82) is 0 Å². The number of hydrogen-bond donors (Lipinski definition) is 3. The summed E-state index contributed by atoms with van der Waals surface area (Å²) in [6, 6.07) is 4.50. The first-order chi connectivity index (χ1) is 12.6. The standard InChI is InChI=1S/C21H32N4O/c1-5-22-21(23-12-17-6-8-26-9-7-17)24-13-18-10-14(2)11-19-15(3)16(4)25-20(18)19/h10-11,17,25H,5-9,12-13H2,1-4H3,(H2,22,23,24). The third-order valence-corrected chi connectivity index (χ3v) is 5.29. The molecule has 5 nitrogen and oxygen atoms in total. The average Bonchev–Trinajstić information content (AvgIpc) is 2.93. The maximum Gasteiger partial charge on any atom is 0.191 e. The summed E-state index contributed by atoms with van der Waals surface area (Å²) in [5, 5.41) is 8.20. The third-order valence-electron chi connectivity index (χ3n) is 5.29. The van der Waals surface area contributed by atoms with Gasteiger partial charge in [-0.3, -0.25) is 0 Å². The van der Waals surface area contributed by atoms with Gasteiger partial charge in [-0.1, -0.05) is 11.6 Å². The van der Waals surface area contributed by atoms with Crippen LogP contribution in [0.15, 0.2) is 17.1 Å². The number of aryl methyl sites for hydroxylation is 3. The lowest BCUT2D eigenvalue weighted by Gasteiger charge is -2.23. The van der Waals surface area contributed by atoms with Crippen molar-refractivity contribution in [2.24, 2.45) is 10.9 Å². The molecule has 5 heteroatoms. The summed E-state index contributed by atoms with van der Waals surface area (Å²) in [6.07, 6.45) is 2.26. The molecule has 1 aliphatic heterocycles. The molecule has 0 unspecified atom stereocenters. The predicted octanol–water partition coefficient (Wildman–Crippen LogP) is 3.57. The zero-order valence-corrected chi connectivity index (χ0v) is 16.5. The van der Waals surface area contributed by atoms with E-state index < -0.39 is 0 Å². The molecule has 0 spiro atoms. The van der Waals surface area contributed by atoms with Gasteiger partial charge in [0.05, 0.1) is 12.1 Å². The first-order valence-corrected chi connectivity index (χ1v) is 9.76. The maximum atomic E-state index is 5.45. The summed E-state index contributed by atoms with van der Waals surface area (Å²) in [6.45, 7) is 12.8. The molecule has 0 aliphatic carbocycles. The van der Waals surface area contributed by atoms with Crippen molar-refractivity contribution in [3.8, 4) is 0 Å². The van der Waals surface area contributed by atoms with Crippen molar-refractivity contribution in [2.75, 3.05) is 26.3 Å². The highest BCUT2D eigenvalue weighted by molar-refractivity contribution is 5.88. The van der Waals surface area contributed by atoms with Gasteiger partial charge in [-0.25, -0.2) is 4.99 Å². The Morgan fingerprint density at radius 2 is 1.96 bits per heavy atom. The van der Waals surface area contributed by atoms with Gasteiger partial charge < -0.3 is 20.4 Å². The lowest BCUT2D eigenvalue weighted by atomic mass is 10.0. The Morgan fingerprint density at radius 3 is 2.69 bits per heavy atom. The summed E-state index contributed by atoms with van der Waals surface area (Å²) < 4.78 is 5.45. The summed E-state index contributed by atoms with van der Waals surface area (Å²) in [7, 11) is 0. The molecular weight excluding hydrogens is 324 g/mol. The minimum atomic E-state index is 0.667. The van der Waals surface area contributed by atoms with E-state index in [2.05, 4.69) is 55.4 Å². The minimum absolute atomic E-state index is 0.667. The first-order valence-electron chi connectivity index (χ1n) is 9.76. The van der Waals surface area contributed by atoms with Crippen LogP contribution in [0, 0.1) is 26.7 Å². The van der Waals surface area contributed by atoms with Gasteiger partial charge in [0.15, 0.2) is 5.96 Å². The molecule has 2 aromatic rings. The molecule has 0 amide bonds. The van der Waals surface area contributed by atoms with Crippen LogP contribution in [0.4, 0.5) is 0 Å². The summed E-state index contributed by atoms with van der Waals surface area (Å²) >= 11 is 0. The van der Waals surface area contributed by atoms with Crippen LogP contribution in [0.2, 0.25) is 0 Å². The molecule has 1 fully saturated rings. The van der Waals surface area contributed by atoms with E-state index in [0.717, 1.165) is 45.1 Å². The van der Waals surface area contributed by atoms with Crippen molar-refractivity contribution < 1.29 is 4.74 Å². The van der Waals surface area contributed by atoms with E-state index in [1.165, 1.54) is 33.3 Å². The topological polar surface area (TPSA) is 61.4 Å². The van der Waals surface area contributed by atoms with Crippen molar-refractivity contribution in [3.05, 3.63) is 34.5 Å². The number of ether oxygens (including phenoxy) is 1. The Balaban J connectivity index is 1.74. The molecule has 1 saturated heterocycles. The van der Waals surface area contributed by atoms with Crippen LogP contribution in [0.3, 0.4) is 0 Å². The monoisotopic (exact) mass is 356 g/mol. The van der Waals surface area contributed by atoms with Gasteiger partial charge in [0, 0.05) is 37.4 Å². The number of aromatic amines is 1. The number of nitrogens with zero attached hydrogens (tertiary/aromatic N) is 1. The summed E-state index contributed by atoms with van der Waals surface area (Å²) in [4.78, 5) is 8.38. The second kappa shape index (κ2) is 8.58. The van der Waals surface area contributed by atoms with Crippen LogP contribution in [-0.4, -0.2) is 37.2 Å². The van der Waals surface area contributed by atoms with Crippen molar-refractivity contribution in [1.82, 2.24) is 15.6 Å². The van der Waals surface area contributed by atoms with E-state index in [1.54, 1.807) is 0 Å². The highest BCUT2D eigenvalue weighted by atomic mass is 16.5. The van der Waals surface area contributed by atoms with Crippen molar-refractivity contribution in [2.45, 2.75) is 47.1 Å². The number of aliphatic imine (C=N–C) groups is 1. The van der Waals surface area contributed by atoms with Crippen LogP contribution >= 0.6 is 0 Å². The van der Waals surface area contributed by atoms with Crippen molar-refractivity contribution >= 4 is 16.9 Å². The number of nitrogens with one attached hydrogen (secondary N) is 3. The van der Waals surface area contributed by atoms with Crippen molar-refractivity contribution in [3.63, 3.8) is 0 Å². The third kappa shape index (κ3) is 4.39. The SMILES string of the molecule is CCNC(=NCc1cc(C)cc2c(C)c(C)[nH]c12)NCC1CCOCC1. The van der Waals surface area contributed by atoms with Gasteiger partial charge in [0.25, 0.3) is 0 Å². The van der Waals surface area contributed by atoms with Crippen LogP contribution < -0.4 is 10.6 Å². The maximum absolute atomic E-state index is 5.45. The fraction of sp³-hybridized carbons (Fsp3) is 0.571. The Hall–Kier alpha value is -2.01. The number of hydrogen-bond acceptors (Lipinski definition) is 2.